The second-order valence-electron chi connectivity index (χ2n) is 8.86. The number of aryl methyl sites for hydroxylation is 1. The molecule has 9 heteroatoms. The average Bonchev–Trinajstić information content (AvgIpc) is 2.95. The van der Waals surface area contributed by atoms with Gasteiger partial charge in [0.1, 0.15) is 30.5 Å². The molecule has 0 bridgehead atoms. The average molecular weight is 549 g/mol. The molecule has 0 spiro atoms. The van der Waals surface area contributed by atoms with E-state index < -0.39 is 22.5 Å². The topological polar surface area (TPSA) is 84.9 Å². The highest BCUT2D eigenvalue weighted by Crippen LogP contribution is 2.27. The molecular weight excluding hydrogens is 519 g/mol. The molecule has 0 radical (unpaired) electrons. The van der Waals surface area contributed by atoms with E-state index >= 15 is 0 Å². The molecule has 4 aromatic rings. The van der Waals surface area contributed by atoms with Crippen LogP contribution in [-0.4, -0.2) is 28.0 Å². The summed E-state index contributed by atoms with van der Waals surface area (Å²) in [6.45, 7) is 1.95. The van der Waals surface area contributed by atoms with Crippen molar-refractivity contribution in [2.24, 2.45) is 0 Å². The molecule has 0 aliphatic rings. The number of anilines is 1. The Kier molecular flexibility index (Phi) is 8.83. The molecule has 0 saturated heterocycles. The Morgan fingerprint density at radius 3 is 2.21 bits per heavy atom. The van der Waals surface area contributed by atoms with Crippen LogP contribution in [0.1, 0.15) is 16.7 Å². The Hall–Kier alpha value is -4.37. The smallest absolute Gasteiger partial charge is 0.264 e. The number of amides is 1. The first-order valence-corrected chi connectivity index (χ1v) is 13.6. The van der Waals surface area contributed by atoms with Gasteiger partial charge in [0.05, 0.1) is 17.7 Å². The number of hydrogen-bond acceptors (Lipinski definition) is 5. The summed E-state index contributed by atoms with van der Waals surface area (Å²) in [6, 6.07) is 26.3. The van der Waals surface area contributed by atoms with Crippen LogP contribution in [0.15, 0.2) is 102 Å². The fourth-order valence-corrected chi connectivity index (χ4v) is 5.17. The number of carbonyl (C=O) groups excluding carboxylic acids is 1. The predicted octanol–water partition coefficient (Wildman–Crippen LogP) is 5.23. The summed E-state index contributed by atoms with van der Waals surface area (Å²) in [5, 5.41) is 2.79. The van der Waals surface area contributed by atoms with Gasteiger partial charge >= 0.3 is 0 Å². The molecule has 0 unspecified atom stereocenters. The molecule has 202 valence electrons. The van der Waals surface area contributed by atoms with Crippen LogP contribution in [0, 0.1) is 12.7 Å². The number of halogens is 1. The highest BCUT2D eigenvalue weighted by atomic mass is 32.2. The zero-order valence-corrected chi connectivity index (χ0v) is 22.5. The van der Waals surface area contributed by atoms with Gasteiger partial charge in [0.25, 0.3) is 10.0 Å². The molecule has 4 rings (SSSR count). The fourth-order valence-electron chi connectivity index (χ4n) is 3.76. The first kappa shape index (κ1) is 27.7. The lowest BCUT2D eigenvalue weighted by Crippen LogP contribution is -2.40. The molecule has 0 aliphatic heterocycles. The van der Waals surface area contributed by atoms with Gasteiger partial charge in [-0.05, 0) is 66.6 Å². The van der Waals surface area contributed by atoms with E-state index in [9.17, 15) is 17.6 Å². The maximum Gasteiger partial charge on any atom is 0.264 e. The van der Waals surface area contributed by atoms with Crippen molar-refractivity contribution >= 4 is 21.6 Å². The molecule has 4 aromatic carbocycles. The molecular formula is C30H29FN2O5S. The molecule has 0 fully saturated rings. The predicted molar refractivity (Wildman–Crippen MR) is 148 cm³/mol. The summed E-state index contributed by atoms with van der Waals surface area (Å²) in [7, 11) is -2.54. The zero-order valence-electron chi connectivity index (χ0n) is 21.6. The number of rotatable bonds is 11. The first-order valence-electron chi connectivity index (χ1n) is 12.2. The summed E-state index contributed by atoms with van der Waals surface area (Å²) >= 11 is 0. The van der Waals surface area contributed by atoms with Crippen LogP contribution in [0.5, 0.6) is 11.5 Å². The van der Waals surface area contributed by atoms with Crippen LogP contribution in [0.25, 0.3) is 0 Å². The molecule has 39 heavy (non-hydrogen) atoms. The van der Waals surface area contributed by atoms with Gasteiger partial charge in [-0.15, -0.1) is 0 Å². The zero-order chi connectivity index (χ0) is 27.8. The fraction of sp³-hybridized carbons (Fsp3) is 0.167. The summed E-state index contributed by atoms with van der Waals surface area (Å²) in [4.78, 5) is 13.0. The van der Waals surface area contributed by atoms with Crippen LogP contribution < -0.4 is 19.1 Å². The minimum absolute atomic E-state index is 0.0833. The lowest BCUT2D eigenvalue weighted by atomic mass is 10.2. The Balaban J connectivity index is 1.42. The summed E-state index contributed by atoms with van der Waals surface area (Å²) < 4.78 is 52.2. The Morgan fingerprint density at radius 2 is 1.54 bits per heavy atom. The van der Waals surface area contributed by atoms with E-state index in [1.165, 1.54) is 31.4 Å². The van der Waals surface area contributed by atoms with Gasteiger partial charge in [0, 0.05) is 12.6 Å². The van der Waals surface area contributed by atoms with E-state index in [2.05, 4.69) is 5.32 Å². The van der Waals surface area contributed by atoms with Crippen LogP contribution in [-0.2, 0) is 28.0 Å². The quantitative estimate of drug-likeness (QED) is 0.277. The van der Waals surface area contributed by atoms with E-state index in [0.29, 0.717) is 23.8 Å². The number of sulfonamides is 1. The van der Waals surface area contributed by atoms with Crippen LogP contribution in [0.2, 0.25) is 0 Å². The largest absolute Gasteiger partial charge is 0.497 e. The van der Waals surface area contributed by atoms with Crippen molar-refractivity contribution in [3.8, 4) is 11.5 Å². The number of benzene rings is 4. The molecule has 7 nitrogen and oxygen atoms in total. The van der Waals surface area contributed by atoms with Crippen molar-refractivity contribution in [3.05, 3.63) is 120 Å². The van der Waals surface area contributed by atoms with Crippen molar-refractivity contribution in [2.75, 3.05) is 18.0 Å². The molecule has 0 aliphatic carbocycles. The normalized spacial score (nSPS) is 11.1. The number of ether oxygens (including phenoxy) is 2. The van der Waals surface area contributed by atoms with Gasteiger partial charge in [-0.25, -0.2) is 12.8 Å². The third kappa shape index (κ3) is 7.36. The number of nitrogens with zero attached hydrogens (tertiary/aromatic N) is 1. The second-order valence-corrected chi connectivity index (χ2v) is 10.7. The highest BCUT2D eigenvalue weighted by molar-refractivity contribution is 7.92. The maximum atomic E-state index is 13.5. The van der Waals surface area contributed by atoms with Gasteiger partial charge < -0.3 is 14.8 Å². The van der Waals surface area contributed by atoms with Crippen LogP contribution >= 0.6 is 0 Å². The van der Waals surface area contributed by atoms with Crippen molar-refractivity contribution in [2.45, 2.75) is 25.0 Å². The Bertz CT molecular complexity index is 1510. The van der Waals surface area contributed by atoms with Crippen LogP contribution in [0.3, 0.4) is 0 Å². The SMILES string of the molecule is COc1cccc(N(CC(=O)NCc2ccc(OCc3ccc(F)cc3)cc2)S(=O)(=O)c2ccc(C)cc2)c1. The standard InChI is InChI=1S/C30H29FN2O5S/c1-22-6-16-29(17-7-22)39(35,36)33(26-4-3-5-28(18-26)37-2)20-30(34)32-19-23-10-14-27(15-11-23)38-21-24-8-12-25(31)13-9-24/h3-18H,19-21H2,1-2H3,(H,32,34). The van der Waals surface area contributed by atoms with E-state index in [-0.39, 0.29) is 17.3 Å². The summed E-state index contributed by atoms with van der Waals surface area (Å²) in [5.74, 6) is 0.330. The minimum Gasteiger partial charge on any atom is -0.497 e. The Labute approximate surface area is 227 Å². The van der Waals surface area contributed by atoms with E-state index in [1.54, 1.807) is 60.7 Å². The van der Waals surface area contributed by atoms with Gasteiger partial charge in [-0.1, -0.05) is 48.0 Å². The van der Waals surface area contributed by atoms with Crippen molar-refractivity contribution in [1.82, 2.24) is 5.32 Å². The van der Waals surface area contributed by atoms with Gasteiger partial charge in [0.15, 0.2) is 0 Å². The minimum atomic E-state index is -4.03. The monoisotopic (exact) mass is 548 g/mol. The highest BCUT2D eigenvalue weighted by Gasteiger charge is 2.27. The van der Waals surface area contributed by atoms with Gasteiger partial charge in [-0.3, -0.25) is 9.10 Å². The molecule has 1 amide bonds. The molecule has 0 atom stereocenters. The van der Waals surface area contributed by atoms with E-state index in [4.69, 9.17) is 9.47 Å². The maximum absolute atomic E-state index is 13.5. The lowest BCUT2D eigenvalue weighted by molar-refractivity contribution is -0.119. The second kappa shape index (κ2) is 12.4. The molecule has 0 heterocycles. The van der Waals surface area contributed by atoms with Crippen molar-refractivity contribution in [3.63, 3.8) is 0 Å². The van der Waals surface area contributed by atoms with Crippen LogP contribution in [0.4, 0.5) is 10.1 Å². The summed E-state index contributed by atoms with van der Waals surface area (Å²) in [6.07, 6.45) is 0. The van der Waals surface area contributed by atoms with E-state index in [1.807, 2.05) is 19.1 Å². The molecule has 0 aromatic heterocycles. The molecule has 1 N–H and O–H groups in total. The Morgan fingerprint density at radius 1 is 0.872 bits per heavy atom. The number of methoxy groups -OCH3 is 1. The molecule has 0 saturated carbocycles. The van der Waals surface area contributed by atoms with Crippen molar-refractivity contribution < 1.29 is 27.1 Å². The van der Waals surface area contributed by atoms with Gasteiger partial charge in [-0.2, -0.15) is 0 Å². The third-order valence-electron chi connectivity index (χ3n) is 5.97. The van der Waals surface area contributed by atoms with E-state index in [0.717, 1.165) is 21.0 Å². The number of carbonyl (C=O) groups is 1. The number of nitrogens with one attached hydrogen (secondary N) is 1. The van der Waals surface area contributed by atoms with Gasteiger partial charge in [0.2, 0.25) is 5.91 Å². The lowest BCUT2D eigenvalue weighted by Gasteiger charge is -2.24. The number of hydrogen-bond donors (Lipinski definition) is 1. The summed E-state index contributed by atoms with van der Waals surface area (Å²) in [5.41, 5.74) is 2.89. The third-order valence-corrected chi connectivity index (χ3v) is 7.76. The first-order chi connectivity index (χ1) is 18.7. The van der Waals surface area contributed by atoms with Crippen molar-refractivity contribution in [1.29, 1.82) is 0 Å².